The van der Waals surface area contributed by atoms with E-state index in [1.165, 1.54) is 0 Å². The zero-order valence-corrected chi connectivity index (χ0v) is 15.2. The molecule has 1 rings (SSSR count). The summed E-state index contributed by atoms with van der Waals surface area (Å²) >= 11 is 0. The highest BCUT2D eigenvalue weighted by molar-refractivity contribution is 7.92. The van der Waals surface area contributed by atoms with Gasteiger partial charge in [0.05, 0.1) is 11.9 Å². The number of ether oxygens (including phenoxy) is 1. The lowest BCUT2D eigenvalue weighted by molar-refractivity contribution is -0.121. The maximum absolute atomic E-state index is 12.3. The second-order valence-electron chi connectivity index (χ2n) is 5.64. The Bertz CT molecular complexity index is 643. The van der Waals surface area contributed by atoms with E-state index in [9.17, 15) is 13.2 Å². The van der Waals surface area contributed by atoms with Gasteiger partial charge in [-0.25, -0.2) is 8.42 Å². The van der Waals surface area contributed by atoms with Gasteiger partial charge < -0.3 is 10.1 Å². The minimum Gasteiger partial charge on any atom is -0.385 e. The molecular weight excluding hydrogens is 316 g/mol. The Morgan fingerprint density at radius 3 is 2.48 bits per heavy atom. The topological polar surface area (TPSA) is 75.7 Å². The number of benzene rings is 1. The summed E-state index contributed by atoms with van der Waals surface area (Å²) in [6.45, 7) is 6.44. The monoisotopic (exact) mass is 342 g/mol. The maximum Gasteiger partial charge on any atom is 0.243 e. The molecule has 0 aliphatic heterocycles. The molecule has 0 aliphatic rings. The zero-order valence-electron chi connectivity index (χ0n) is 14.4. The smallest absolute Gasteiger partial charge is 0.243 e. The molecule has 7 heteroatoms. The molecular formula is C16H26N2O4S. The molecule has 0 aliphatic carbocycles. The molecule has 0 fully saturated rings. The van der Waals surface area contributed by atoms with E-state index in [1.54, 1.807) is 26.2 Å². The van der Waals surface area contributed by atoms with Gasteiger partial charge in [0, 0.05) is 20.3 Å². The first-order valence-corrected chi connectivity index (χ1v) is 9.36. The fraction of sp³-hybridized carbons (Fsp3) is 0.562. The van der Waals surface area contributed by atoms with Crippen LogP contribution < -0.4 is 9.62 Å². The predicted octanol–water partition coefficient (Wildman–Crippen LogP) is 1.61. The lowest BCUT2D eigenvalue weighted by Crippen LogP contribution is -2.48. The van der Waals surface area contributed by atoms with Gasteiger partial charge in [0.15, 0.2) is 0 Å². The molecule has 1 aromatic rings. The number of hydrogen-bond acceptors (Lipinski definition) is 4. The first-order chi connectivity index (χ1) is 10.7. The molecule has 0 saturated carbocycles. The van der Waals surface area contributed by atoms with Crippen molar-refractivity contribution in [1.29, 1.82) is 0 Å². The van der Waals surface area contributed by atoms with Crippen molar-refractivity contribution >= 4 is 21.6 Å². The number of hydrogen-bond donors (Lipinski definition) is 1. The standard InChI is InChI=1S/C16H26N2O4S/c1-12-7-8-15(11-13(12)2)18(23(5,20)21)14(3)16(19)17-9-6-10-22-4/h7-8,11,14H,6,9-10H2,1-5H3,(H,17,19)/t14-/m0/s1. The van der Waals surface area contributed by atoms with Crippen LogP contribution in [0.3, 0.4) is 0 Å². The molecule has 1 N–H and O–H groups in total. The number of rotatable bonds is 8. The summed E-state index contributed by atoms with van der Waals surface area (Å²) in [4.78, 5) is 12.3. The number of sulfonamides is 1. The molecule has 0 spiro atoms. The molecule has 23 heavy (non-hydrogen) atoms. The van der Waals surface area contributed by atoms with Gasteiger partial charge in [0.25, 0.3) is 0 Å². The van der Waals surface area contributed by atoms with E-state index in [4.69, 9.17) is 4.74 Å². The molecule has 0 saturated heterocycles. The molecule has 0 unspecified atom stereocenters. The first kappa shape index (κ1) is 19.4. The average Bonchev–Trinajstić information content (AvgIpc) is 2.45. The third-order valence-corrected chi connectivity index (χ3v) is 4.90. The van der Waals surface area contributed by atoms with E-state index in [0.717, 1.165) is 21.7 Å². The number of carbonyl (C=O) groups excluding carboxylic acids is 1. The van der Waals surface area contributed by atoms with Crippen molar-refractivity contribution < 1.29 is 17.9 Å². The highest BCUT2D eigenvalue weighted by Gasteiger charge is 2.29. The summed E-state index contributed by atoms with van der Waals surface area (Å²) in [5, 5.41) is 2.74. The summed E-state index contributed by atoms with van der Waals surface area (Å²) in [6, 6.07) is 4.53. The van der Waals surface area contributed by atoms with Crippen molar-refractivity contribution in [3.8, 4) is 0 Å². The second-order valence-corrected chi connectivity index (χ2v) is 7.50. The SMILES string of the molecule is COCCCNC(=O)[C@H](C)N(c1ccc(C)c(C)c1)S(C)(=O)=O. The number of anilines is 1. The van der Waals surface area contributed by atoms with E-state index < -0.39 is 16.1 Å². The van der Waals surface area contributed by atoms with Crippen molar-refractivity contribution in [3.63, 3.8) is 0 Å². The second kappa shape index (κ2) is 8.31. The number of amides is 1. The Morgan fingerprint density at radius 2 is 1.96 bits per heavy atom. The number of methoxy groups -OCH3 is 1. The third-order valence-electron chi connectivity index (χ3n) is 3.66. The van der Waals surface area contributed by atoms with Crippen LogP contribution in [0, 0.1) is 13.8 Å². The van der Waals surface area contributed by atoms with Crippen molar-refractivity contribution in [2.24, 2.45) is 0 Å². The number of aryl methyl sites for hydroxylation is 2. The summed E-state index contributed by atoms with van der Waals surface area (Å²) in [5.74, 6) is -0.329. The van der Waals surface area contributed by atoms with Crippen LogP contribution in [0.15, 0.2) is 18.2 Å². The van der Waals surface area contributed by atoms with Crippen LogP contribution in [0.5, 0.6) is 0 Å². The highest BCUT2D eigenvalue weighted by atomic mass is 32.2. The number of nitrogens with zero attached hydrogens (tertiary/aromatic N) is 1. The molecule has 0 heterocycles. The van der Waals surface area contributed by atoms with Gasteiger partial charge in [-0.3, -0.25) is 9.10 Å². The van der Waals surface area contributed by atoms with Crippen molar-refractivity contribution in [3.05, 3.63) is 29.3 Å². The van der Waals surface area contributed by atoms with E-state index in [0.29, 0.717) is 25.3 Å². The van der Waals surface area contributed by atoms with Gasteiger partial charge in [0.1, 0.15) is 6.04 Å². The molecule has 1 amide bonds. The minimum atomic E-state index is -3.58. The Morgan fingerprint density at radius 1 is 1.30 bits per heavy atom. The summed E-state index contributed by atoms with van der Waals surface area (Å²) < 4.78 is 30.4. The Balaban J connectivity index is 2.98. The van der Waals surface area contributed by atoms with Gasteiger partial charge in [0.2, 0.25) is 15.9 Å². The molecule has 0 aromatic heterocycles. The highest BCUT2D eigenvalue weighted by Crippen LogP contribution is 2.23. The average molecular weight is 342 g/mol. The van der Waals surface area contributed by atoms with Crippen molar-refractivity contribution in [1.82, 2.24) is 5.32 Å². The van der Waals surface area contributed by atoms with Crippen LogP contribution in [0.4, 0.5) is 5.69 Å². The first-order valence-electron chi connectivity index (χ1n) is 7.51. The summed E-state index contributed by atoms with van der Waals surface area (Å²) in [6.07, 6.45) is 1.79. The van der Waals surface area contributed by atoms with E-state index >= 15 is 0 Å². The van der Waals surface area contributed by atoms with Crippen molar-refractivity contribution in [2.45, 2.75) is 33.2 Å². The lowest BCUT2D eigenvalue weighted by atomic mass is 10.1. The summed E-state index contributed by atoms with van der Waals surface area (Å²) in [5.41, 5.74) is 2.54. The van der Waals surface area contributed by atoms with Crippen LogP contribution in [-0.2, 0) is 19.6 Å². The van der Waals surface area contributed by atoms with E-state index in [1.807, 2.05) is 19.9 Å². The van der Waals surface area contributed by atoms with Gasteiger partial charge in [-0.05, 0) is 50.5 Å². The quantitative estimate of drug-likeness (QED) is 0.728. The van der Waals surface area contributed by atoms with Crippen LogP contribution in [-0.4, -0.2) is 46.9 Å². The lowest BCUT2D eigenvalue weighted by Gasteiger charge is -2.28. The van der Waals surface area contributed by atoms with Gasteiger partial charge in [-0.1, -0.05) is 6.07 Å². The fourth-order valence-corrected chi connectivity index (χ4v) is 3.41. The van der Waals surface area contributed by atoms with Crippen molar-refractivity contribution in [2.75, 3.05) is 30.8 Å². The van der Waals surface area contributed by atoms with E-state index in [-0.39, 0.29) is 5.91 Å². The minimum absolute atomic E-state index is 0.329. The number of carbonyl (C=O) groups is 1. The van der Waals surface area contributed by atoms with Crippen LogP contribution in [0.1, 0.15) is 24.5 Å². The molecule has 6 nitrogen and oxygen atoms in total. The molecule has 1 atom stereocenters. The third kappa shape index (κ3) is 5.51. The predicted molar refractivity (Wildman–Crippen MR) is 92.2 cm³/mol. The maximum atomic E-state index is 12.3. The summed E-state index contributed by atoms with van der Waals surface area (Å²) in [7, 11) is -1.99. The Hall–Kier alpha value is -1.60. The van der Waals surface area contributed by atoms with Crippen LogP contribution >= 0.6 is 0 Å². The zero-order chi connectivity index (χ0) is 17.6. The Kier molecular flexibility index (Phi) is 7.02. The van der Waals surface area contributed by atoms with Crippen LogP contribution in [0.2, 0.25) is 0 Å². The molecule has 0 radical (unpaired) electrons. The van der Waals surface area contributed by atoms with E-state index in [2.05, 4.69) is 5.32 Å². The van der Waals surface area contributed by atoms with Gasteiger partial charge >= 0.3 is 0 Å². The number of nitrogens with one attached hydrogen (secondary N) is 1. The Labute approximate surface area is 138 Å². The van der Waals surface area contributed by atoms with Gasteiger partial charge in [-0.2, -0.15) is 0 Å². The van der Waals surface area contributed by atoms with Gasteiger partial charge in [-0.15, -0.1) is 0 Å². The van der Waals surface area contributed by atoms with Crippen LogP contribution in [0.25, 0.3) is 0 Å². The molecule has 130 valence electrons. The fourth-order valence-electron chi connectivity index (χ4n) is 2.25. The molecule has 1 aromatic carbocycles. The molecule has 0 bridgehead atoms. The largest absolute Gasteiger partial charge is 0.385 e. The normalized spacial score (nSPS) is 12.7.